The van der Waals surface area contributed by atoms with Crippen molar-refractivity contribution in [1.29, 1.82) is 0 Å². The number of aromatic nitrogens is 3. The van der Waals surface area contributed by atoms with Crippen molar-refractivity contribution < 1.29 is 4.79 Å². The lowest BCUT2D eigenvalue weighted by Crippen LogP contribution is -2.28. The van der Waals surface area contributed by atoms with Crippen LogP contribution in [0.2, 0.25) is 0 Å². The number of hydrogen-bond acceptors (Lipinski definition) is 6. The molecule has 0 aliphatic rings. The molecule has 0 bridgehead atoms. The van der Waals surface area contributed by atoms with Crippen molar-refractivity contribution in [1.82, 2.24) is 19.9 Å². The first-order chi connectivity index (χ1) is 13.4. The minimum absolute atomic E-state index is 0.158. The predicted molar refractivity (Wildman–Crippen MR) is 112 cm³/mol. The molecule has 0 radical (unpaired) electrons. The maximum absolute atomic E-state index is 13.2. The minimum atomic E-state index is -0.180. The Morgan fingerprint density at radius 1 is 1.11 bits per heavy atom. The van der Waals surface area contributed by atoms with Gasteiger partial charge < -0.3 is 14.8 Å². The topological polar surface area (TPSA) is 82.2 Å². The van der Waals surface area contributed by atoms with E-state index in [0.29, 0.717) is 27.4 Å². The number of anilines is 1. The zero-order chi connectivity index (χ0) is 19.8. The summed E-state index contributed by atoms with van der Waals surface area (Å²) >= 11 is 1.35. The number of pyridine rings is 1. The quantitative estimate of drug-likeness (QED) is 0.577. The van der Waals surface area contributed by atoms with Gasteiger partial charge in [0.25, 0.3) is 11.5 Å². The van der Waals surface area contributed by atoms with Crippen LogP contribution in [-0.4, -0.2) is 46.9 Å². The molecule has 142 valence electrons. The molecule has 0 saturated heterocycles. The van der Waals surface area contributed by atoms with Gasteiger partial charge in [0.05, 0.1) is 23.1 Å². The van der Waals surface area contributed by atoms with Crippen molar-refractivity contribution in [2.24, 2.45) is 0 Å². The third-order valence-electron chi connectivity index (χ3n) is 4.49. The van der Waals surface area contributed by atoms with Gasteiger partial charge >= 0.3 is 0 Å². The first-order valence-electron chi connectivity index (χ1n) is 8.73. The number of hydrogen-bond donors (Lipinski definition) is 1. The summed E-state index contributed by atoms with van der Waals surface area (Å²) in [5.41, 5.74) is 1.79. The van der Waals surface area contributed by atoms with Crippen molar-refractivity contribution in [3.05, 3.63) is 63.5 Å². The summed E-state index contributed by atoms with van der Waals surface area (Å²) in [5, 5.41) is 2.62. The number of H-pyrrole nitrogens is 1. The molecule has 8 heteroatoms. The summed E-state index contributed by atoms with van der Waals surface area (Å²) in [5.74, 6) is 1.01. The number of carbonyl (C=O) groups is 1. The van der Waals surface area contributed by atoms with Gasteiger partial charge in [0.2, 0.25) is 0 Å². The van der Waals surface area contributed by atoms with Crippen LogP contribution < -0.4 is 10.5 Å². The molecule has 0 aliphatic carbocycles. The molecule has 7 nitrogen and oxygen atoms in total. The molecule has 0 atom stereocenters. The van der Waals surface area contributed by atoms with Crippen LogP contribution in [0.25, 0.3) is 21.1 Å². The zero-order valence-electron chi connectivity index (χ0n) is 15.8. The van der Waals surface area contributed by atoms with E-state index >= 15 is 0 Å². The lowest BCUT2D eigenvalue weighted by Gasteiger charge is -2.20. The molecule has 0 unspecified atom stereocenters. The maximum atomic E-state index is 13.2. The highest BCUT2D eigenvalue weighted by Gasteiger charge is 2.19. The van der Waals surface area contributed by atoms with Gasteiger partial charge in [-0.05, 0) is 23.6 Å². The van der Waals surface area contributed by atoms with E-state index in [1.165, 1.54) is 11.3 Å². The van der Waals surface area contributed by atoms with E-state index in [-0.39, 0.29) is 18.0 Å². The molecule has 4 rings (SSSR count). The second-order valence-corrected chi connectivity index (χ2v) is 7.66. The molecule has 1 N–H and O–H groups in total. The van der Waals surface area contributed by atoms with E-state index in [2.05, 4.69) is 15.0 Å². The highest BCUT2D eigenvalue weighted by molar-refractivity contribution is 7.17. The van der Waals surface area contributed by atoms with E-state index < -0.39 is 0 Å². The number of nitrogens with one attached hydrogen (secondary N) is 1. The Hall–Kier alpha value is -3.26. The molecule has 1 amide bonds. The van der Waals surface area contributed by atoms with Crippen LogP contribution in [0.4, 0.5) is 5.82 Å². The molecule has 0 spiro atoms. The fourth-order valence-corrected chi connectivity index (χ4v) is 3.79. The SMILES string of the molecule is CN(Cc1nc2ccsc2c(=O)[nH]1)C(=O)c1cc(N(C)C)nc2ccccc12. The van der Waals surface area contributed by atoms with E-state index in [1.54, 1.807) is 24.1 Å². The zero-order valence-corrected chi connectivity index (χ0v) is 16.6. The second-order valence-electron chi connectivity index (χ2n) is 6.75. The van der Waals surface area contributed by atoms with Gasteiger partial charge in [-0.15, -0.1) is 11.3 Å². The molecule has 3 aromatic heterocycles. The van der Waals surface area contributed by atoms with Gasteiger partial charge in [0, 0.05) is 26.5 Å². The van der Waals surface area contributed by atoms with Gasteiger partial charge in [0.15, 0.2) is 0 Å². The van der Waals surface area contributed by atoms with Gasteiger partial charge in [-0.25, -0.2) is 9.97 Å². The molecule has 3 heterocycles. The van der Waals surface area contributed by atoms with E-state index in [0.717, 1.165) is 10.9 Å². The molecule has 0 aliphatic heterocycles. The van der Waals surface area contributed by atoms with Crippen LogP contribution in [-0.2, 0) is 6.54 Å². The Kier molecular flexibility index (Phi) is 4.56. The molecule has 1 aromatic carbocycles. The number of amides is 1. The predicted octanol–water partition coefficient (Wildman–Crippen LogP) is 2.87. The van der Waals surface area contributed by atoms with Gasteiger partial charge in [-0.1, -0.05) is 18.2 Å². The number of para-hydroxylation sites is 1. The largest absolute Gasteiger partial charge is 0.363 e. The van der Waals surface area contributed by atoms with E-state index in [1.807, 2.05) is 48.6 Å². The number of nitrogens with zero attached hydrogens (tertiary/aromatic N) is 4. The van der Waals surface area contributed by atoms with Crippen molar-refractivity contribution >= 4 is 44.2 Å². The Labute approximate surface area is 165 Å². The molecule has 28 heavy (non-hydrogen) atoms. The number of benzene rings is 1. The Morgan fingerprint density at radius 3 is 2.68 bits per heavy atom. The van der Waals surface area contributed by atoms with Crippen LogP contribution in [0.3, 0.4) is 0 Å². The van der Waals surface area contributed by atoms with Crippen LogP contribution in [0.1, 0.15) is 16.2 Å². The summed E-state index contributed by atoms with van der Waals surface area (Å²) in [6.45, 7) is 0.202. The summed E-state index contributed by atoms with van der Waals surface area (Å²) in [4.78, 5) is 40.6. The third kappa shape index (κ3) is 3.22. The molecule has 4 aromatic rings. The summed E-state index contributed by atoms with van der Waals surface area (Å²) < 4.78 is 0.591. The molecular weight excluding hydrogens is 374 g/mol. The number of carbonyl (C=O) groups excluding carboxylic acids is 1. The molecule has 0 fully saturated rings. The smallest absolute Gasteiger partial charge is 0.268 e. The normalized spacial score (nSPS) is 11.1. The van der Waals surface area contributed by atoms with Crippen molar-refractivity contribution in [3.8, 4) is 0 Å². The number of aromatic amines is 1. The van der Waals surface area contributed by atoms with Crippen LogP contribution in [0.5, 0.6) is 0 Å². The highest BCUT2D eigenvalue weighted by atomic mass is 32.1. The Balaban J connectivity index is 1.71. The first-order valence-corrected chi connectivity index (χ1v) is 9.61. The summed E-state index contributed by atoms with van der Waals surface area (Å²) in [6, 6.07) is 11.2. The molecular formula is C20H19N5O2S. The first kappa shape index (κ1) is 18.1. The van der Waals surface area contributed by atoms with Crippen molar-refractivity contribution in [2.45, 2.75) is 6.54 Å². The summed E-state index contributed by atoms with van der Waals surface area (Å²) in [6.07, 6.45) is 0. The highest BCUT2D eigenvalue weighted by Crippen LogP contribution is 2.23. The monoisotopic (exact) mass is 393 g/mol. The number of rotatable bonds is 4. The van der Waals surface area contributed by atoms with E-state index in [4.69, 9.17) is 0 Å². The number of fused-ring (bicyclic) bond motifs is 2. The van der Waals surface area contributed by atoms with E-state index in [9.17, 15) is 9.59 Å². The van der Waals surface area contributed by atoms with Gasteiger partial charge in [-0.3, -0.25) is 9.59 Å². The molecule has 0 saturated carbocycles. The Morgan fingerprint density at radius 2 is 1.89 bits per heavy atom. The second kappa shape index (κ2) is 7.05. The fourth-order valence-electron chi connectivity index (χ4n) is 3.07. The van der Waals surface area contributed by atoms with Crippen LogP contribution in [0.15, 0.2) is 46.6 Å². The Bertz CT molecular complexity index is 1240. The average molecular weight is 393 g/mol. The lowest BCUT2D eigenvalue weighted by atomic mass is 10.1. The standard InChI is InChI=1S/C20H19N5O2S/c1-24(2)17-10-13(12-6-4-5-7-14(12)22-17)20(27)25(3)11-16-21-15-8-9-28-18(15)19(26)23-16/h4-10H,11H2,1-3H3,(H,21,23,26). The minimum Gasteiger partial charge on any atom is -0.363 e. The van der Waals surface area contributed by atoms with Crippen molar-refractivity contribution in [2.75, 3.05) is 26.0 Å². The third-order valence-corrected chi connectivity index (χ3v) is 5.39. The van der Waals surface area contributed by atoms with Gasteiger partial charge in [-0.2, -0.15) is 0 Å². The van der Waals surface area contributed by atoms with Gasteiger partial charge in [0.1, 0.15) is 16.3 Å². The van der Waals surface area contributed by atoms with Crippen molar-refractivity contribution in [3.63, 3.8) is 0 Å². The lowest BCUT2D eigenvalue weighted by molar-refractivity contribution is 0.0783. The van der Waals surface area contributed by atoms with Crippen LogP contribution >= 0.6 is 11.3 Å². The summed E-state index contributed by atoms with van der Waals surface area (Å²) in [7, 11) is 5.48. The maximum Gasteiger partial charge on any atom is 0.268 e. The number of thiophene rings is 1. The fraction of sp³-hybridized carbons (Fsp3) is 0.200. The van der Waals surface area contributed by atoms with Crippen LogP contribution in [0, 0.1) is 0 Å². The average Bonchev–Trinajstić information content (AvgIpc) is 3.15.